The summed E-state index contributed by atoms with van der Waals surface area (Å²) in [5.74, 6) is -0.439. The monoisotopic (exact) mass is 359 g/mol. The summed E-state index contributed by atoms with van der Waals surface area (Å²) in [6.07, 6.45) is 0.548. The molecule has 1 aromatic carbocycles. The van der Waals surface area contributed by atoms with Gasteiger partial charge in [-0.2, -0.15) is 10.2 Å². The van der Waals surface area contributed by atoms with Crippen LogP contribution in [0.3, 0.4) is 0 Å². The van der Waals surface area contributed by atoms with Crippen molar-refractivity contribution < 1.29 is 13.6 Å². The standard InChI is InChI=1S/C18H19F2N5O/c1-12-5-3-4-6-14(12)9-24-10-15(8-21-24)22-17(26)11-25-16(18(19)20)7-13(2)23-25/h3-8,10,18H,9,11H2,1-2H3,(H,22,26). The van der Waals surface area contributed by atoms with Crippen molar-refractivity contribution in [1.29, 1.82) is 0 Å². The van der Waals surface area contributed by atoms with Crippen LogP contribution in [-0.2, 0) is 17.9 Å². The van der Waals surface area contributed by atoms with Crippen LogP contribution in [0.2, 0.25) is 0 Å². The molecule has 26 heavy (non-hydrogen) atoms. The van der Waals surface area contributed by atoms with E-state index in [4.69, 9.17) is 0 Å². The third-order valence-corrected chi connectivity index (χ3v) is 3.96. The molecule has 0 unspecified atom stereocenters. The lowest BCUT2D eigenvalue weighted by atomic mass is 10.1. The van der Waals surface area contributed by atoms with Gasteiger partial charge >= 0.3 is 0 Å². The number of nitrogens with zero attached hydrogens (tertiary/aromatic N) is 4. The van der Waals surface area contributed by atoms with Crippen molar-refractivity contribution in [2.45, 2.75) is 33.4 Å². The predicted octanol–water partition coefficient (Wildman–Crippen LogP) is 3.32. The van der Waals surface area contributed by atoms with E-state index in [1.54, 1.807) is 17.8 Å². The van der Waals surface area contributed by atoms with Crippen LogP contribution in [0, 0.1) is 13.8 Å². The van der Waals surface area contributed by atoms with Gasteiger partial charge < -0.3 is 5.32 Å². The summed E-state index contributed by atoms with van der Waals surface area (Å²) in [7, 11) is 0. The first kappa shape index (κ1) is 17.8. The fourth-order valence-corrected chi connectivity index (χ4v) is 2.68. The first-order valence-corrected chi connectivity index (χ1v) is 8.11. The van der Waals surface area contributed by atoms with Gasteiger partial charge in [-0.1, -0.05) is 24.3 Å². The molecular formula is C18H19F2N5O. The lowest BCUT2D eigenvalue weighted by Gasteiger charge is -2.07. The number of anilines is 1. The highest BCUT2D eigenvalue weighted by molar-refractivity contribution is 5.90. The van der Waals surface area contributed by atoms with Crippen LogP contribution in [-0.4, -0.2) is 25.5 Å². The maximum Gasteiger partial charge on any atom is 0.280 e. The minimum Gasteiger partial charge on any atom is -0.322 e. The number of aryl methyl sites for hydroxylation is 2. The van der Waals surface area contributed by atoms with E-state index in [1.165, 1.54) is 12.3 Å². The average Bonchev–Trinajstić information content (AvgIpc) is 3.16. The Morgan fingerprint density at radius 3 is 2.77 bits per heavy atom. The van der Waals surface area contributed by atoms with Gasteiger partial charge in [-0.25, -0.2) is 8.78 Å². The molecule has 0 aliphatic heterocycles. The summed E-state index contributed by atoms with van der Waals surface area (Å²) in [6.45, 7) is 3.93. The number of amides is 1. The Bertz CT molecular complexity index is 916. The topological polar surface area (TPSA) is 64.7 Å². The summed E-state index contributed by atoms with van der Waals surface area (Å²) in [6, 6.07) is 9.24. The van der Waals surface area contributed by atoms with Gasteiger partial charge in [0.15, 0.2) is 0 Å². The Morgan fingerprint density at radius 2 is 2.04 bits per heavy atom. The molecule has 3 rings (SSSR count). The van der Waals surface area contributed by atoms with Crippen LogP contribution in [0.15, 0.2) is 42.7 Å². The van der Waals surface area contributed by atoms with Crippen LogP contribution >= 0.6 is 0 Å². The van der Waals surface area contributed by atoms with Gasteiger partial charge in [0.2, 0.25) is 5.91 Å². The van der Waals surface area contributed by atoms with E-state index in [1.807, 2.05) is 31.2 Å². The normalized spacial score (nSPS) is 11.1. The Kier molecular flexibility index (Phi) is 5.11. The summed E-state index contributed by atoms with van der Waals surface area (Å²) in [5, 5.41) is 10.8. The maximum absolute atomic E-state index is 13.0. The molecule has 0 spiro atoms. The third kappa shape index (κ3) is 4.14. The number of nitrogens with one attached hydrogen (secondary N) is 1. The van der Waals surface area contributed by atoms with Crippen molar-refractivity contribution >= 4 is 11.6 Å². The van der Waals surface area contributed by atoms with Gasteiger partial charge in [-0.3, -0.25) is 14.2 Å². The number of alkyl halides is 2. The largest absolute Gasteiger partial charge is 0.322 e. The second-order valence-electron chi connectivity index (χ2n) is 6.07. The SMILES string of the molecule is Cc1cc(C(F)F)n(CC(=O)Nc2cnn(Cc3ccccc3C)c2)n1. The molecule has 2 aromatic heterocycles. The molecule has 0 fully saturated rings. The minimum atomic E-state index is -2.68. The minimum absolute atomic E-state index is 0.270. The van der Waals surface area contributed by atoms with Crippen LogP contribution in [0.1, 0.15) is 28.9 Å². The first-order valence-electron chi connectivity index (χ1n) is 8.11. The summed E-state index contributed by atoms with van der Waals surface area (Å²) < 4.78 is 28.6. The Balaban J connectivity index is 1.64. The van der Waals surface area contributed by atoms with Crippen LogP contribution in [0.5, 0.6) is 0 Å². The molecule has 6 nitrogen and oxygen atoms in total. The fourth-order valence-electron chi connectivity index (χ4n) is 2.68. The molecule has 3 aromatic rings. The molecule has 0 radical (unpaired) electrons. The number of hydrogen-bond donors (Lipinski definition) is 1. The van der Waals surface area contributed by atoms with Gasteiger partial charge in [0.25, 0.3) is 6.43 Å². The van der Waals surface area contributed by atoms with E-state index in [0.717, 1.165) is 15.8 Å². The zero-order valence-electron chi connectivity index (χ0n) is 14.5. The summed E-state index contributed by atoms with van der Waals surface area (Å²) in [5.41, 5.74) is 2.96. The third-order valence-electron chi connectivity index (χ3n) is 3.96. The number of carbonyl (C=O) groups is 1. The van der Waals surface area contributed by atoms with E-state index in [2.05, 4.69) is 15.5 Å². The average molecular weight is 359 g/mol. The number of hydrogen-bond acceptors (Lipinski definition) is 3. The molecule has 0 aliphatic carbocycles. The quantitative estimate of drug-likeness (QED) is 0.734. The van der Waals surface area contributed by atoms with Crippen molar-refractivity contribution in [3.63, 3.8) is 0 Å². The Hall–Kier alpha value is -3.03. The molecule has 0 aliphatic rings. The van der Waals surface area contributed by atoms with Crippen molar-refractivity contribution in [1.82, 2.24) is 19.6 Å². The highest BCUT2D eigenvalue weighted by atomic mass is 19.3. The van der Waals surface area contributed by atoms with Crippen LogP contribution < -0.4 is 5.32 Å². The van der Waals surface area contributed by atoms with Crippen molar-refractivity contribution in [2.75, 3.05) is 5.32 Å². The molecule has 0 saturated carbocycles. The zero-order valence-corrected chi connectivity index (χ0v) is 14.5. The Labute approximate surface area is 149 Å². The second kappa shape index (κ2) is 7.47. The highest BCUT2D eigenvalue weighted by Crippen LogP contribution is 2.19. The number of benzene rings is 1. The van der Waals surface area contributed by atoms with Gasteiger partial charge in [-0.15, -0.1) is 0 Å². The molecule has 0 bridgehead atoms. The van der Waals surface area contributed by atoms with E-state index < -0.39 is 12.3 Å². The van der Waals surface area contributed by atoms with E-state index in [9.17, 15) is 13.6 Å². The lowest BCUT2D eigenvalue weighted by molar-refractivity contribution is -0.117. The number of rotatable bonds is 6. The number of halogens is 2. The molecule has 0 saturated heterocycles. The number of carbonyl (C=O) groups excluding carboxylic acids is 1. The number of aromatic nitrogens is 4. The smallest absolute Gasteiger partial charge is 0.280 e. The first-order chi connectivity index (χ1) is 12.4. The van der Waals surface area contributed by atoms with E-state index in [0.29, 0.717) is 17.9 Å². The van der Waals surface area contributed by atoms with Crippen molar-refractivity contribution in [2.24, 2.45) is 0 Å². The van der Waals surface area contributed by atoms with Crippen molar-refractivity contribution in [3.05, 3.63) is 65.2 Å². The highest BCUT2D eigenvalue weighted by Gasteiger charge is 2.17. The molecule has 8 heteroatoms. The molecule has 1 N–H and O–H groups in total. The van der Waals surface area contributed by atoms with Gasteiger partial charge in [0, 0.05) is 6.20 Å². The maximum atomic E-state index is 13.0. The Morgan fingerprint density at radius 1 is 1.27 bits per heavy atom. The summed E-state index contributed by atoms with van der Waals surface area (Å²) >= 11 is 0. The second-order valence-corrected chi connectivity index (χ2v) is 6.07. The zero-order chi connectivity index (χ0) is 18.7. The van der Waals surface area contributed by atoms with E-state index in [-0.39, 0.29) is 12.2 Å². The van der Waals surface area contributed by atoms with E-state index >= 15 is 0 Å². The van der Waals surface area contributed by atoms with Crippen LogP contribution in [0.25, 0.3) is 0 Å². The molecule has 0 atom stereocenters. The summed E-state index contributed by atoms with van der Waals surface area (Å²) in [4.78, 5) is 12.1. The van der Waals surface area contributed by atoms with Gasteiger partial charge in [-0.05, 0) is 31.0 Å². The van der Waals surface area contributed by atoms with Crippen LogP contribution in [0.4, 0.5) is 14.5 Å². The van der Waals surface area contributed by atoms with Crippen molar-refractivity contribution in [3.8, 4) is 0 Å². The lowest BCUT2D eigenvalue weighted by Crippen LogP contribution is -2.21. The van der Waals surface area contributed by atoms with Gasteiger partial charge in [0.05, 0.1) is 24.1 Å². The molecular weight excluding hydrogens is 340 g/mol. The predicted molar refractivity (Wildman–Crippen MR) is 93.1 cm³/mol. The fraction of sp³-hybridized carbons (Fsp3) is 0.278. The molecule has 136 valence electrons. The molecule has 2 heterocycles. The van der Waals surface area contributed by atoms with Gasteiger partial charge in [0.1, 0.15) is 12.2 Å². The molecule has 1 amide bonds.